The molecule has 0 fully saturated rings. The molecule has 0 saturated heterocycles. The highest BCUT2D eigenvalue weighted by Gasteiger charge is 2.02. The fraction of sp³-hybridized carbons (Fsp3) is 0.176. The maximum absolute atomic E-state index is 11.8. The van der Waals surface area contributed by atoms with Gasteiger partial charge in [-0.3, -0.25) is 9.78 Å². The highest BCUT2D eigenvalue weighted by Crippen LogP contribution is 2.18. The van der Waals surface area contributed by atoms with Crippen LogP contribution in [0.2, 0.25) is 0 Å². The summed E-state index contributed by atoms with van der Waals surface area (Å²) in [5.41, 5.74) is 2.93. The van der Waals surface area contributed by atoms with Crippen molar-refractivity contribution in [3.05, 3.63) is 66.0 Å². The maximum Gasteiger partial charge on any atom is 0.248 e. The summed E-state index contributed by atoms with van der Waals surface area (Å²) in [5, 5.41) is 2.86. The van der Waals surface area contributed by atoms with E-state index in [0.29, 0.717) is 5.92 Å². The fourth-order valence-corrected chi connectivity index (χ4v) is 1.81. The molecule has 102 valence electrons. The van der Waals surface area contributed by atoms with E-state index in [0.717, 1.165) is 11.3 Å². The average Bonchev–Trinajstić information content (AvgIpc) is 2.46. The number of hydrogen-bond donors (Lipinski definition) is 1. The topological polar surface area (TPSA) is 42.0 Å². The first-order chi connectivity index (χ1) is 9.65. The maximum atomic E-state index is 11.8. The molecular weight excluding hydrogens is 248 g/mol. The zero-order valence-corrected chi connectivity index (χ0v) is 11.7. The Balaban J connectivity index is 2.01. The normalized spacial score (nSPS) is 10.9. The van der Waals surface area contributed by atoms with Gasteiger partial charge in [-0.1, -0.05) is 32.0 Å². The predicted molar refractivity (Wildman–Crippen MR) is 82.4 cm³/mol. The van der Waals surface area contributed by atoms with Gasteiger partial charge in [0.2, 0.25) is 5.91 Å². The molecule has 3 heteroatoms. The molecule has 0 unspecified atom stereocenters. The summed E-state index contributed by atoms with van der Waals surface area (Å²) in [5.74, 6) is 0.299. The van der Waals surface area contributed by atoms with E-state index in [9.17, 15) is 4.79 Å². The Morgan fingerprint density at radius 2 is 2.10 bits per heavy atom. The monoisotopic (exact) mass is 266 g/mol. The lowest BCUT2D eigenvalue weighted by Crippen LogP contribution is -2.08. The minimum Gasteiger partial charge on any atom is -0.323 e. The van der Waals surface area contributed by atoms with Crippen molar-refractivity contribution >= 4 is 17.7 Å². The zero-order valence-electron chi connectivity index (χ0n) is 11.7. The number of rotatable bonds is 4. The highest BCUT2D eigenvalue weighted by atomic mass is 16.1. The first kappa shape index (κ1) is 14.0. The van der Waals surface area contributed by atoms with Crippen molar-refractivity contribution in [3.63, 3.8) is 0 Å². The van der Waals surface area contributed by atoms with Crippen LogP contribution in [0.1, 0.15) is 30.9 Å². The van der Waals surface area contributed by atoms with E-state index in [1.807, 2.05) is 30.3 Å². The van der Waals surface area contributed by atoms with Crippen LogP contribution in [0.4, 0.5) is 5.69 Å². The number of aromatic nitrogens is 1. The summed E-state index contributed by atoms with van der Waals surface area (Å²) in [7, 11) is 0. The molecule has 1 amide bonds. The van der Waals surface area contributed by atoms with E-state index in [4.69, 9.17) is 0 Å². The smallest absolute Gasteiger partial charge is 0.248 e. The van der Waals surface area contributed by atoms with Crippen LogP contribution in [0.5, 0.6) is 0 Å². The molecule has 1 aromatic carbocycles. The number of anilines is 1. The lowest BCUT2D eigenvalue weighted by atomic mass is 10.0. The van der Waals surface area contributed by atoms with Gasteiger partial charge in [0, 0.05) is 24.2 Å². The fourth-order valence-electron chi connectivity index (χ4n) is 1.81. The van der Waals surface area contributed by atoms with Crippen LogP contribution in [0.3, 0.4) is 0 Å². The van der Waals surface area contributed by atoms with Gasteiger partial charge < -0.3 is 5.32 Å². The molecule has 0 aliphatic rings. The lowest BCUT2D eigenvalue weighted by Gasteiger charge is -2.08. The number of nitrogens with one attached hydrogen (secondary N) is 1. The molecule has 0 saturated carbocycles. The van der Waals surface area contributed by atoms with Crippen molar-refractivity contribution in [1.29, 1.82) is 0 Å². The number of pyridine rings is 1. The van der Waals surface area contributed by atoms with E-state index in [2.05, 4.69) is 30.2 Å². The van der Waals surface area contributed by atoms with E-state index < -0.39 is 0 Å². The second-order valence-corrected chi connectivity index (χ2v) is 4.89. The van der Waals surface area contributed by atoms with Gasteiger partial charge in [0.25, 0.3) is 0 Å². The summed E-state index contributed by atoms with van der Waals surface area (Å²) >= 11 is 0. The van der Waals surface area contributed by atoms with E-state index in [-0.39, 0.29) is 5.91 Å². The molecule has 1 aromatic heterocycles. The molecule has 0 aliphatic heterocycles. The van der Waals surface area contributed by atoms with Gasteiger partial charge in [0.1, 0.15) is 0 Å². The number of amides is 1. The minimum absolute atomic E-state index is 0.144. The van der Waals surface area contributed by atoms with Crippen LogP contribution >= 0.6 is 0 Å². The molecule has 2 aromatic rings. The number of hydrogen-bond acceptors (Lipinski definition) is 2. The second-order valence-electron chi connectivity index (χ2n) is 4.89. The van der Waals surface area contributed by atoms with Crippen LogP contribution in [0.25, 0.3) is 6.08 Å². The number of nitrogens with zero attached hydrogens (tertiary/aromatic N) is 1. The Bertz CT molecular complexity index is 603. The molecule has 0 radical (unpaired) electrons. The SMILES string of the molecule is CC(C)c1cccc(NC(=O)/C=C/c2cccnc2)c1. The van der Waals surface area contributed by atoms with Crippen molar-refractivity contribution in [3.8, 4) is 0 Å². The summed E-state index contributed by atoms with van der Waals surface area (Å²) in [6, 6.07) is 11.6. The highest BCUT2D eigenvalue weighted by molar-refractivity contribution is 6.01. The molecular formula is C17H18N2O. The van der Waals surface area contributed by atoms with Gasteiger partial charge in [-0.05, 0) is 41.3 Å². The predicted octanol–water partition coefficient (Wildman–Crippen LogP) is 3.86. The number of carbonyl (C=O) groups is 1. The van der Waals surface area contributed by atoms with Gasteiger partial charge in [0.05, 0.1) is 0 Å². The molecule has 0 spiro atoms. The van der Waals surface area contributed by atoms with Gasteiger partial charge in [-0.25, -0.2) is 0 Å². The van der Waals surface area contributed by atoms with Gasteiger partial charge in [-0.15, -0.1) is 0 Å². The van der Waals surface area contributed by atoms with Crippen LogP contribution < -0.4 is 5.32 Å². The second kappa shape index (κ2) is 6.66. The number of carbonyl (C=O) groups excluding carboxylic acids is 1. The van der Waals surface area contributed by atoms with Crippen molar-refractivity contribution in [2.45, 2.75) is 19.8 Å². The third kappa shape index (κ3) is 4.05. The summed E-state index contributed by atoms with van der Waals surface area (Å²) < 4.78 is 0. The van der Waals surface area contributed by atoms with Crippen molar-refractivity contribution in [2.75, 3.05) is 5.32 Å². The van der Waals surface area contributed by atoms with Crippen LogP contribution in [-0.2, 0) is 4.79 Å². The first-order valence-electron chi connectivity index (χ1n) is 6.64. The molecule has 2 rings (SSSR count). The van der Waals surface area contributed by atoms with Crippen molar-refractivity contribution in [1.82, 2.24) is 4.98 Å². The lowest BCUT2D eigenvalue weighted by molar-refractivity contribution is -0.111. The Morgan fingerprint density at radius 1 is 1.25 bits per heavy atom. The van der Waals surface area contributed by atoms with Crippen LogP contribution in [0, 0.1) is 0 Å². The largest absolute Gasteiger partial charge is 0.323 e. The minimum atomic E-state index is -0.144. The number of benzene rings is 1. The Labute approximate surface area is 119 Å². The molecule has 0 bridgehead atoms. The third-order valence-electron chi connectivity index (χ3n) is 2.93. The van der Waals surface area contributed by atoms with Crippen molar-refractivity contribution < 1.29 is 4.79 Å². The molecule has 1 heterocycles. The van der Waals surface area contributed by atoms with Gasteiger partial charge in [0.15, 0.2) is 0 Å². The summed E-state index contributed by atoms with van der Waals surface area (Å²) in [4.78, 5) is 15.8. The average molecular weight is 266 g/mol. The Hall–Kier alpha value is -2.42. The first-order valence-corrected chi connectivity index (χ1v) is 6.64. The molecule has 0 atom stereocenters. The third-order valence-corrected chi connectivity index (χ3v) is 2.93. The Kier molecular flexibility index (Phi) is 4.66. The zero-order chi connectivity index (χ0) is 14.4. The molecule has 3 nitrogen and oxygen atoms in total. The molecule has 1 N–H and O–H groups in total. The van der Waals surface area contributed by atoms with Gasteiger partial charge in [-0.2, -0.15) is 0 Å². The summed E-state index contributed by atoms with van der Waals surface area (Å²) in [6.07, 6.45) is 6.67. The molecule has 20 heavy (non-hydrogen) atoms. The van der Waals surface area contributed by atoms with Crippen LogP contribution in [-0.4, -0.2) is 10.9 Å². The van der Waals surface area contributed by atoms with E-state index >= 15 is 0 Å². The quantitative estimate of drug-likeness (QED) is 0.854. The van der Waals surface area contributed by atoms with E-state index in [1.54, 1.807) is 18.5 Å². The van der Waals surface area contributed by atoms with Gasteiger partial charge >= 0.3 is 0 Å². The van der Waals surface area contributed by atoms with E-state index in [1.165, 1.54) is 11.6 Å². The summed E-state index contributed by atoms with van der Waals surface area (Å²) in [6.45, 7) is 4.26. The van der Waals surface area contributed by atoms with Crippen molar-refractivity contribution in [2.24, 2.45) is 0 Å². The molecule has 0 aliphatic carbocycles. The Morgan fingerprint density at radius 3 is 2.80 bits per heavy atom. The standard InChI is InChI=1S/C17H18N2O/c1-13(2)15-6-3-7-16(11-15)19-17(20)9-8-14-5-4-10-18-12-14/h3-13H,1-2H3,(H,19,20)/b9-8+. The van der Waals surface area contributed by atoms with Crippen LogP contribution in [0.15, 0.2) is 54.9 Å².